The van der Waals surface area contributed by atoms with Gasteiger partial charge in [0.15, 0.2) is 0 Å². The summed E-state index contributed by atoms with van der Waals surface area (Å²) in [6, 6.07) is 35.5. The number of anilines is 2. The van der Waals surface area contributed by atoms with E-state index in [1.807, 2.05) is 11.3 Å². The lowest BCUT2D eigenvalue weighted by Crippen LogP contribution is -2.24. The van der Waals surface area contributed by atoms with Gasteiger partial charge in [0, 0.05) is 48.3 Å². The molecule has 1 aliphatic carbocycles. The molecule has 0 fully saturated rings. The van der Waals surface area contributed by atoms with Crippen LogP contribution in [0.2, 0.25) is 0 Å². The molecule has 0 atom stereocenters. The van der Waals surface area contributed by atoms with E-state index < -0.39 is 0 Å². The quantitative estimate of drug-likeness (QED) is 0.226. The van der Waals surface area contributed by atoms with Gasteiger partial charge in [-0.1, -0.05) is 88.4 Å². The molecule has 0 saturated heterocycles. The maximum Gasteiger partial charge on any atom is 0.140 e. The Labute approximate surface area is 258 Å². The Kier molecular flexibility index (Phi) is 5.55. The molecular weight excluding hydrogens is 543 g/mol. The summed E-state index contributed by atoms with van der Waals surface area (Å²) in [7, 11) is 0. The summed E-state index contributed by atoms with van der Waals surface area (Å²) in [6.07, 6.45) is 0. The highest BCUT2D eigenvalue weighted by Gasteiger charge is 2.37. The van der Waals surface area contributed by atoms with E-state index in [9.17, 15) is 0 Å². The summed E-state index contributed by atoms with van der Waals surface area (Å²) < 4.78 is 8.05. The normalized spacial score (nSPS) is 15.3. The van der Waals surface area contributed by atoms with Crippen molar-refractivity contribution >= 4 is 32.8 Å². The maximum absolute atomic E-state index is 6.76. The van der Waals surface area contributed by atoms with Crippen molar-refractivity contribution in [1.29, 1.82) is 0 Å². The van der Waals surface area contributed by atoms with Crippen molar-refractivity contribution in [2.45, 2.75) is 52.4 Å². The van der Waals surface area contributed by atoms with Gasteiger partial charge in [-0.05, 0) is 89.2 Å². The molecule has 8 rings (SSSR count). The molecule has 0 unspecified atom stereocenters. The first-order valence-corrected chi connectivity index (χ1v) is 15.9. The molecule has 0 saturated carbocycles. The number of benzene rings is 5. The molecule has 5 aromatic carbocycles. The standard InChI is InChI=1S/C40H35NOS/c1-23-24(2)43-36-20-19-33-38(37(23)36)42-35-21-26(13-18-32(35)40(33,5)6)25-11-14-27(15-12-25)41-28-16-17-30-29-9-7-8-10-31(29)39(3,4)34(30)22-28/h7-22,41H,1-6H3. The minimum atomic E-state index is -0.141. The highest BCUT2D eigenvalue weighted by molar-refractivity contribution is 7.19. The van der Waals surface area contributed by atoms with Gasteiger partial charge in [-0.25, -0.2) is 0 Å². The first-order chi connectivity index (χ1) is 20.6. The number of fused-ring (bicyclic) bond motifs is 7. The maximum atomic E-state index is 6.76. The van der Waals surface area contributed by atoms with Crippen LogP contribution < -0.4 is 10.1 Å². The van der Waals surface area contributed by atoms with Gasteiger partial charge in [-0.3, -0.25) is 0 Å². The Bertz CT molecular complexity index is 2090. The van der Waals surface area contributed by atoms with Crippen molar-refractivity contribution in [3.8, 4) is 33.8 Å². The number of thiophene rings is 1. The fourth-order valence-corrected chi connectivity index (χ4v) is 8.34. The minimum Gasteiger partial charge on any atom is -0.456 e. The van der Waals surface area contributed by atoms with Gasteiger partial charge in [-0.2, -0.15) is 0 Å². The Morgan fingerprint density at radius 1 is 0.605 bits per heavy atom. The van der Waals surface area contributed by atoms with Crippen molar-refractivity contribution < 1.29 is 4.74 Å². The van der Waals surface area contributed by atoms with Crippen molar-refractivity contribution in [3.05, 3.63) is 130 Å². The van der Waals surface area contributed by atoms with Gasteiger partial charge >= 0.3 is 0 Å². The Morgan fingerprint density at radius 2 is 1.28 bits per heavy atom. The van der Waals surface area contributed by atoms with E-state index in [1.54, 1.807) is 0 Å². The molecule has 0 bridgehead atoms. The zero-order chi connectivity index (χ0) is 29.7. The predicted octanol–water partition coefficient (Wildman–Crippen LogP) is 11.7. The number of aryl methyl sites for hydroxylation is 2. The van der Waals surface area contributed by atoms with Crippen molar-refractivity contribution in [3.63, 3.8) is 0 Å². The summed E-state index contributed by atoms with van der Waals surface area (Å²) in [6.45, 7) is 13.7. The third kappa shape index (κ3) is 3.84. The second kappa shape index (κ2) is 9.08. The van der Waals surface area contributed by atoms with Gasteiger partial charge in [0.25, 0.3) is 0 Å². The van der Waals surface area contributed by atoms with E-state index in [0.717, 1.165) is 28.4 Å². The van der Waals surface area contributed by atoms with E-state index in [0.29, 0.717) is 0 Å². The molecule has 0 spiro atoms. The van der Waals surface area contributed by atoms with Gasteiger partial charge in [-0.15, -0.1) is 11.3 Å². The van der Waals surface area contributed by atoms with Gasteiger partial charge in [0.05, 0.1) is 0 Å². The molecule has 0 radical (unpaired) electrons. The van der Waals surface area contributed by atoms with Crippen LogP contribution >= 0.6 is 11.3 Å². The average Bonchev–Trinajstić information content (AvgIpc) is 3.42. The predicted molar refractivity (Wildman–Crippen MR) is 183 cm³/mol. The molecular formula is C40H35NOS. The zero-order valence-corrected chi connectivity index (χ0v) is 26.4. The smallest absolute Gasteiger partial charge is 0.140 e. The molecule has 2 aliphatic rings. The summed E-state index contributed by atoms with van der Waals surface area (Å²) >= 11 is 1.85. The van der Waals surface area contributed by atoms with Crippen LogP contribution in [0.3, 0.4) is 0 Å². The molecule has 1 aromatic heterocycles. The van der Waals surface area contributed by atoms with Crippen molar-refractivity contribution in [2.75, 3.05) is 5.32 Å². The van der Waals surface area contributed by atoms with Crippen LogP contribution in [0.4, 0.5) is 11.4 Å². The second-order valence-corrected chi connectivity index (χ2v) is 14.4. The van der Waals surface area contributed by atoms with E-state index in [1.165, 1.54) is 59.5 Å². The molecule has 3 heteroatoms. The fourth-order valence-electron chi connectivity index (χ4n) is 7.27. The topological polar surface area (TPSA) is 21.3 Å². The van der Waals surface area contributed by atoms with Crippen molar-refractivity contribution in [2.24, 2.45) is 0 Å². The second-order valence-electron chi connectivity index (χ2n) is 13.2. The Hall–Kier alpha value is -4.34. The third-order valence-corrected chi connectivity index (χ3v) is 11.1. The van der Waals surface area contributed by atoms with Gasteiger partial charge in [0.2, 0.25) is 0 Å². The monoisotopic (exact) mass is 577 g/mol. The van der Waals surface area contributed by atoms with Gasteiger partial charge < -0.3 is 10.1 Å². The van der Waals surface area contributed by atoms with Crippen LogP contribution in [0.25, 0.3) is 32.3 Å². The molecule has 212 valence electrons. The van der Waals surface area contributed by atoms with E-state index in [4.69, 9.17) is 4.74 Å². The number of ether oxygens (including phenoxy) is 1. The number of rotatable bonds is 3. The number of nitrogens with one attached hydrogen (secondary N) is 1. The summed E-state index contributed by atoms with van der Waals surface area (Å²) in [5, 5.41) is 4.91. The summed E-state index contributed by atoms with van der Waals surface area (Å²) in [5.74, 6) is 1.98. The molecule has 0 amide bonds. The lowest BCUT2D eigenvalue weighted by Gasteiger charge is -2.35. The van der Waals surface area contributed by atoms with Crippen LogP contribution in [0.5, 0.6) is 11.5 Å². The minimum absolute atomic E-state index is 0.0101. The van der Waals surface area contributed by atoms with Gasteiger partial charge in [0.1, 0.15) is 11.5 Å². The summed E-state index contributed by atoms with van der Waals surface area (Å²) in [5.41, 5.74) is 13.6. The first-order valence-electron chi connectivity index (χ1n) is 15.1. The summed E-state index contributed by atoms with van der Waals surface area (Å²) in [4.78, 5) is 1.35. The van der Waals surface area contributed by atoms with Crippen LogP contribution in [0.1, 0.15) is 60.4 Å². The van der Waals surface area contributed by atoms with Crippen LogP contribution in [-0.4, -0.2) is 0 Å². The molecule has 1 N–H and O–H groups in total. The zero-order valence-electron chi connectivity index (χ0n) is 25.6. The largest absolute Gasteiger partial charge is 0.456 e. The lowest BCUT2D eigenvalue weighted by molar-refractivity contribution is 0.423. The molecule has 43 heavy (non-hydrogen) atoms. The van der Waals surface area contributed by atoms with E-state index in [-0.39, 0.29) is 10.8 Å². The highest BCUT2D eigenvalue weighted by Crippen LogP contribution is 2.53. The number of hydrogen-bond donors (Lipinski definition) is 1. The van der Waals surface area contributed by atoms with Crippen LogP contribution in [0.15, 0.2) is 97.1 Å². The van der Waals surface area contributed by atoms with E-state index in [2.05, 4.69) is 144 Å². The fraction of sp³-hybridized carbons (Fsp3) is 0.200. The molecule has 6 aromatic rings. The van der Waals surface area contributed by atoms with Crippen LogP contribution in [-0.2, 0) is 10.8 Å². The lowest BCUT2D eigenvalue weighted by atomic mass is 9.75. The Morgan fingerprint density at radius 3 is 2.09 bits per heavy atom. The molecule has 1 aliphatic heterocycles. The van der Waals surface area contributed by atoms with E-state index >= 15 is 0 Å². The van der Waals surface area contributed by atoms with Crippen molar-refractivity contribution in [1.82, 2.24) is 0 Å². The Balaban J connectivity index is 1.09. The number of hydrogen-bond acceptors (Lipinski definition) is 3. The third-order valence-electron chi connectivity index (χ3n) is 9.92. The molecule has 2 heterocycles. The average molecular weight is 578 g/mol. The highest BCUT2D eigenvalue weighted by atomic mass is 32.1. The first kappa shape index (κ1) is 26.3. The molecule has 2 nitrogen and oxygen atoms in total. The SMILES string of the molecule is Cc1sc2ccc3c(c2c1C)Oc1cc(-c2ccc(Nc4ccc5c(c4)C(C)(C)c4ccccc4-5)cc2)ccc1C3(C)C. The van der Waals surface area contributed by atoms with Crippen LogP contribution in [0, 0.1) is 13.8 Å².